The molecule has 2 rings (SSSR count). The van der Waals surface area contributed by atoms with Crippen molar-refractivity contribution in [2.45, 2.75) is 44.6 Å². The topological polar surface area (TPSA) is 18.5 Å². The summed E-state index contributed by atoms with van der Waals surface area (Å²) in [6.45, 7) is 9.87. The van der Waals surface area contributed by atoms with Crippen LogP contribution in [0.1, 0.15) is 39.0 Å². The molecule has 0 aromatic carbocycles. The van der Waals surface area contributed by atoms with E-state index in [2.05, 4.69) is 29.1 Å². The van der Waals surface area contributed by atoms with Crippen molar-refractivity contribution < 1.29 is 0 Å². The number of rotatable bonds is 4. The lowest BCUT2D eigenvalue weighted by Crippen LogP contribution is -2.51. The van der Waals surface area contributed by atoms with E-state index < -0.39 is 0 Å². The molecular formula is C14H29N3. The largest absolute Gasteiger partial charge is 0.311 e. The summed E-state index contributed by atoms with van der Waals surface area (Å²) in [5.74, 6) is 0. The van der Waals surface area contributed by atoms with Crippen molar-refractivity contribution in [3.05, 3.63) is 0 Å². The van der Waals surface area contributed by atoms with E-state index in [4.69, 9.17) is 0 Å². The number of likely N-dealkylation sites (N-methyl/N-ethyl adjacent to an activating group) is 1. The third-order valence-electron chi connectivity index (χ3n) is 4.76. The van der Waals surface area contributed by atoms with E-state index in [9.17, 15) is 0 Å². The third kappa shape index (κ3) is 3.67. The van der Waals surface area contributed by atoms with Gasteiger partial charge in [-0.1, -0.05) is 13.3 Å². The molecule has 2 aliphatic heterocycles. The quantitative estimate of drug-likeness (QED) is 0.803. The maximum Gasteiger partial charge on any atom is 0.0191 e. The van der Waals surface area contributed by atoms with Crippen LogP contribution < -0.4 is 5.32 Å². The van der Waals surface area contributed by atoms with Gasteiger partial charge >= 0.3 is 0 Å². The van der Waals surface area contributed by atoms with Crippen molar-refractivity contribution in [2.24, 2.45) is 0 Å². The second kappa shape index (κ2) is 6.17. The molecule has 0 spiro atoms. The smallest absolute Gasteiger partial charge is 0.0191 e. The summed E-state index contributed by atoms with van der Waals surface area (Å²) < 4.78 is 0. The van der Waals surface area contributed by atoms with E-state index in [-0.39, 0.29) is 0 Å². The van der Waals surface area contributed by atoms with Gasteiger partial charge in [0.1, 0.15) is 0 Å². The average molecular weight is 239 g/mol. The molecule has 0 aliphatic carbocycles. The van der Waals surface area contributed by atoms with Crippen molar-refractivity contribution in [2.75, 3.05) is 46.3 Å². The second-order valence-electron chi connectivity index (χ2n) is 5.91. The van der Waals surface area contributed by atoms with Gasteiger partial charge in [0.2, 0.25) is 0 Å². The fraction of sp³-hybridized carbons (Fsp3) is 1.00. The van der Waals surface area contributed by atoms with Crippen LogP contribution in [0.3, 0.4) is 0 Å². The number of piperazine rings is 1. The van der Waals surface area contributed by atoms with E-state index in [0.717, 1.165) is 0 Å². The van der Waals surface area contributed by atoms with Gasteiger partial charge < -0.3 is 15.1 Å². The summed E-state index contributed by atoms with van der Waals surface area (Å²) in [5.41, 5.74) is 0.460. The molecule has 1 N–H and O–H groups in total. The zero-order valence-corrected chi connectivity index (χ0v) is 11.7. The maximum atomic E-state index is 3.79. The van der Waals surface area contributed by atoms with Gasteiger partial charge in [-0.25, -0.2) is 0 Å². The van der Waals surface area contributed by atoms with E-state index in [1.54, 1.807) is 0 Å². The van der Waals surface area contributed by atoms with Crippen molar-refractivity contribution >= 4 is 0 Å². The van der Waals surface area contributed by atoms with Crippen LogP contribution in [0.15, 0.2) is 0 Å². The van der Waals surface area contributed by atoms with Crippen LogP contribution in [0.25, 0.3) is 0 Å². The molecule has 2 aliphatic rings. The predicted octanol–water partition coefficient (Wildman–Crippen LogP) is 1.55. The molecule has 0 aromatic rings. The molecular weight excluding hydrogens is 210 g/mol. The molecule has 1 atom stereocenters. The molecule has 3 heteroatoms. The third-order valence-corrected chi connectivity index (χ3v) is 4.76. The fourth-order valence-electron chi connectivity index (χ4n) is 3.17. The zero-order valence-electron chi connectivity index (χ0n) is 11.7. The zero-order chi connectivity index (χ0) is 12.1. The van der Waals surface area contributed by atoms with Crippen LogP contribution in [0.5, 0.6) is 0 Å². The average Bonchev–Trinajstić information content (AvgIpc) is 2.39. The van der Waals surface area contributed by atoms with E-state index in [1.807, 2.05) is 0 Å². The van der Waals surface area contributed by atoms with E-state index in [1.165, 1.54) is 71.4 Å². The number of hydrogen-bond donors (Lipinski definition) is 1. The van der Waals surface area contributed by atoms with Crippen molar-refractivity contribution in [3.8, 4) is 0 Å². The highest BCUT2D eigenvalue weighted by atomic mass is 15.2. The summed E-state index contributed by atoms with van der Waals surface area (Å²) in [6, 6.07) is 0. The standard InChI is InChI=1S/C14H29N3/c1-3-14(6-4-5-8-15-14)7-9-17-12-10-16(2)11-13-17/h15H,3-13H2,1-2H3. The highest BCUT2D eigenvalue weighted by Gasteiger charge is 2.30. The molecule has 1 unspecified atom stereocenters. The summed E-state index contributed by atoms with van der Waals surface area (Å²) in [5, 5.41) is 3.79. The molecule has 100 valence electrons. The molecule has 17 heavy (non-hydrogen) atoms. The van der Waals surface area contributed by atoms with Gasteiger partial charge in [-0.05, 0) is 45.8 Å². The SMILES string of the molecule is CCC1(CCN2CCN(C)CC2)CCCCN1. The van der Waals surface area contributed by atoms with Gasteiger partial charge in [-0.3, -0.25) is 0 Å². The lowest BCUT2D eigenvalue weighted by molar-refractivity contribution is 0.128. The number of nitrogens with zero attached hydrogens (tertiary/aromatic N) is 2. The Bertz CT molecular complexity index is 216. The fourth-order valence-corrected chi connectivity index (χ4v) is 3.17. The Kier molecular flexibility index (Phi) is 4.83. The van der Waals surface area contributed by atoms with Crippen LogP contribution in [0, 0.1) is 0 Å². The Labute approximate surface area is 107 Å². The van der Waals surface area contributed by atoms with Gasteiger partial charge in [0, 0.05) is 31.7 Å². The van der Waals surface area contributed by atoms with Gasteiger partial charge in [0.15, 0.2) is 0 Å². The van der Waals surface area contributed by atoms with Crippen LogP contribution >= 0.6 is 0 Å². The normalized spacial score (nSPS) is 32.8. The minimum Gasteiger partial charge on any atom is -0.311 e. The van der Waals surface area contributed by atoms with Crippen molar-refractivity contribution in [1.29, 1.82) is 0 Å². The molecule has 0 saturated carbocycles. The summed E-state index contributed by atoms with van der Waals surface area (Å²) in [7, 11) is 2.23. The predicted molar refractivity (Wildman–Crippen MR) is 73.4 cm³/mol. The Balaban J connectivity index is 1.75. The van der Waals surface area contributed by atoms with Crippen molar-refractivity contribution in [1.82, 2.24) is 15.1 Å². The first kappa shape index (κ1) is 13.3. The summed E-state index contributed by atoms with van der Waals surface area (Å²) in [6.07, 6.45) is 6.81. The lowest BCUT2D eigenvalue weighted by Gasteiger charge is -2.40. The van der Waals surface area contributed by atoms with Gasteiger partial charge in [-0.2, -0.15) is 0 Å². The molecule has 2 heterocycles. The van der Waals surface area contributed by atoms with E-state index in [0.29, 0.717) is 5.54 Å². The summed E-state index contributed by atoms with van der Waals surface area (Å²) in [4.78, 5) is 5.08. The van der Waals surface area contributed by atoms with Crippen LogP contribution in [0.2, 0.25) is 0 Å². The Morgan fingerprint density at radius 1 is 1.12 bits per heavy atom. The number of nitrogens with one attached hydrogen (secondary N) is 1. The Morgan fingerprint density at radius 2 is 1.88 bits per heavy atom. The van der Waals surface area contributed by atoms with Gasteiger partial charge in [0.25, 0.3) is 0 Å². The molecule has 3 nitrogen and oxygen atoms in total. The number of hydrogen-bond acceptors (Lipinski definition) is 3. The van der Waals surface area contributed by atoms with Crippen LogP contribution in [0.4, 0.5) is 0 Å². The van der Waals surface area contributed by atoms with Crippen LogP contribution in [-0.2, 0) is 0 Å². The Hall–Kier alpha value is -0.120. The van der Waals surface area contributed by atoms with Crippen molar-refractivity contribution in [3.63, 3.8) is 0 Å². The van der Waals surface area contributed by atoms with Gasteiger partial charge in [0.05, 0.1) is 0 Å². The monoisotopic (exact) mass is 239 g/mol. The van der Waals surface area contributed by atoms with E-state index >= 15 is 0 Å². The highest BCUT2D eigenvalue weighted by molar-refractivity contribution is 4.90. The maximum absolute atomic E-state index is 3.79. The Morgan fingerprint density at radius 3 is 2.47 bits per heavy atom. The lowest BCUT2D eigenvalue weighted by atomic mass is 9.83. The first-order chi connectivity index (χ1) is 8.24. The highest BCUT2D eigenvalue weighted by Crippen LogP contribution is 2.26. The first-order valence-corrected chi connectivity index (χ1v) is 7.40. The summed E-state index contributed by atoms with van der Waals surface area (Å²) >= 11 is 0. The molecule has 0 aromatic heterocycles. The van der Waals surface area contributed by atoms with Gasteiger partial charge in [-0.15, -0.1) is 0 Å². The first-order valence-electron chi connectivity index (χ1n) is 7.40. The second-order valence-corrected chi connectivity index (χ2v) is 5.91. The molecule has 2 fully saturated rings. The molecule has 0 amide bonds. The number of piperidine rings is 1. The molecule has 0 bridgehead atoms. The molecule has 0 radical (unpaired) electrons. The minimum absolute atomic E-state index is 0.460. The molecule has 2 saturated heterocycles. The minimum atomic E-state index is 0.460. The van der Waals surface area contributed by atoms with Crippen LogP contribution in [-0.4, -0.2) is 61.7 Å².